The summed E-state index contributed by atoms with van der Waals surface area (Å²) in [6, 6.07) is 0. The molecule has 0 aromatic rings. The van der Waals surface area contributed by atoms with Crippen molar-refractivity contribution in [1.29, 1.82) is 0 Å². The maximum atomic E-state index is 11.7. The van der Waals surface area contributed by atoms with Crippen LogP contribution in [0.5, 0.6) is 0 Å². The minimum Gasteiger partial charge on any atom is -0.466 e. The minimum atomic E-state index is -2.10. The van der Waals surface area contributed by atoms with Crippen LogP contribution in [0.25, 0.3) is 0 Å². The first-order valence-corrected chi connectivity index (χ1v) is 8.51. The van der Waals surface area contributed by atoms with Crippen molar-refractivity contribution in [3.05, 3.63) is 0 Å². The number of esters is 1. The van der Waals surface area contributed by atoms with Crippen LogP contribution < -0.4 is 0 Å². The van der Waals surface area contributed by atoms with Gasteiger partial charge in [-0.15, -0.1) is 0 Å². The standard InChI is InChI=1S/C13H27O4P/c1-4-7-10-16-13(14)9-11-18(15)17-12(6-3)8-5-2/h12,18H,4-11H2,1-3H3. The molecule has 4 nitrogen and oxygen atoms in total. The molecule has 0 saturated heterocycles. The first-order chi connectivity index (χ1) is 8.63. The number of unbranched alkanes of at least 4 members (excludes halogenated alkanes) is 1. The summed E-state index contributed by atoms with van der Waals surface area (Å²) in [6.07, 6.45) is 5.26. The number of carbonyl (C=O) groups is 1. The van der Waals surface area contributed by atoms with Crippen molar-refractivity contribution in [2.24, 2.45) is 0 Å². The van der Waals surface area contributed by atoms with Gasteiger partial charge >= 0.3 is 5.97 Å². The zero-order chi connectivity index (χ0) is 13.8. The average molecular weight is 278 g/mol. The van der Waals surface area contributed by atoms with Crippen LogP contribution in [0.15, 0.2) is 0 Å². The van der Waals surface area contributed by atoms with Gasteiger partial charge in [0.05, 0.1) is 19.1 Å². The molecule has 0 bridgehead atoms. The smallest absolute Gasteiger partial charge is 0.306 e. The van der Waals surface area contributed by atoms with Gasteiger partial charge < -0.3 is 9.26 Å². The Kier molecular flexibility index (Phi) is 11.5. The van der Waals surface area contributed by atoms with E-state index < -0.39 is 8.03 Å². The lowest BCUT2D eigenvalue weighted by Crippen LogP contribution is -2.09. The van der Waals surface area contributed by atoms with E-state index in [0.717, 1.165) is 32.1 Å². The Bertz CT molecular complexity index is 243. The average Bonchev–Trinajstić information content (AvgIpc) is 2.36. The van der Waals surface area contributed by atoms with Crippen molar-refractivity contribution >= 4 is 14.0 Å². The summed E-state index contributed by atoms with van der Waals surface area (Å²) < 4.78 is 22.1. The van der Waals surface area contributed by atoms with E-state index in [9.17, 15) is 9.36 Å². The lowest BCUT2D eigenvalue weighted by molar-refractivity contribution is -0.143. The SMILES string of the molecule is CCCCOC(=O)CC[PH](=O)OC(CC)CCC. The Labute approximate surface area is 111 Å². The van der Waals surface area contributed by atoms with E-state index in [-0.39, 0.29) is 18.5 Å². The lowest BCUT2D eigenvalue weighted by atomic mass is 10.2. The molecule has 0 spiro atoms. The maximum absolute atomic E-state index is 11.7. The Morgan fingerprint density at radius 1 is 1.22 bits per heavy atom. The molecule has 2 unspecified atom stereocenters. The van der Waals surface area contributed by atoms with Gasteiger partial charge in [-0.3, -0.25) is 9.36 Å². The van der Waals surface area contributed by atoms with E-state index >= 15 is 0 Å². The highest BCUT2D eigenvalue weighted by atomic mass is 31.1. The predicted molar refractivity (Wildman–Crippen MR) is 74.4 cm³/mol. The number of ether oxygens (including phenoxy) is 1. The molecule has 0 aromatic carbocycles. The largest absolute Gasteiger partial charge is 0.466 e. The van der Waals surface area contributed by atoms with Gasteiger partial charge in [-0.1, -0.05) is 33.6 Å². The lowest BCUT2D eigenvalue weighted by Gasteiger charge is -2.14. The van der Waals surface area contributed by atoms with Crippen LogP contribution in [0.3, 0.4) is 0 Å². The van der Waals surface area contributed by atoms with Crippen LogP contribution in [0.4, 0.5) is 0 Å². The summed E-state index contributed by atoms with van der Waals surface area (Å²) in [5, 5.41) is 0. The Morgan fingerprint density at radius 3 is 2.50 bits per heavy atom. The molecule has 0 fully saturated rings. The Balaban J connectivity index is 3.71. The zero-order valence-electron chi connectivity index (χ0n) is 11.9. The molecule has 0 aliphatic heterocycles. The third-order valence-electron chi connectivity index (χ3n) is 2.66. The van der Waals surface area contributed by atoms with Gasteiger partial charge in [-0.05, 0) is 19.3 Å². The molecule has 0 rings (SSSR count). The van der Waals surface area contributed by atoms with Crippen LogP contribution in [0.2, 0.25) is 0 Å². The third-order valence-corrected chi connectivity index (χ3v) is 3.91. The molecule has 108 valence electrons. The van der Waals surface area contributed by atoms with Crippen molar-refractivity contribution in [1.82, 2.24) is 0 Å². The maximum Gasteiger partial charge on any atom is 0.306 e. The highest BCUT2D eigenvalue weighted by Crippen LogP contribution is 2.28. The van der Waals surface area contributed by atoms with Gasteiger partial charge in [0, 0.05) is 6.16 Å². The van der Waals surface area contributed by atoms with E-state index in [0.29, 0.717) is 12.8 Å². The number of rotatable bonds is 11. The molecule has 5 heteroatoms. The summed E-state index contributed by atoms with van der Waals surface area (Å²) in [6.45, 7) is 6.60. The molecule has 0 amide bonds. The van der Waals surface area contributed by atoms with Gasteiger partial charge in [0.1, 0.15) is 0 Å². The number of hydrogen-bond acceptors (Lipinski definition) is 4. The van der Waals surface area contributed by atoms with Crippen LogP contribution >= 0.6 is 8.03 Å². The second-order valence-electron chi connectivity index (χ2n) is 4.38. The number of carbonyl (C=O) groups excluding carboxylic acids is 1. The van der Waals surface area contributed by atoms with Crippen LogP contribution in [-0.2, 0) is 18.6 Å². The summed E-state index contributed by atoms with van der Waals surface area (Å²) in [5.74, 6) is -0.270. The zero-order valence-corrected chi connectivity index (χ0v) is 12.9. The van der Waals surface area contributed by atoms with Crippen molar-refractivity contribution in [2.45, 2.75) is 65.4 Å². The van der Waals surface area contributed by atoms with Gasteiger partial charge in [-0.2, -0.15) is 0 Å². The highest BCUT2D eigenvalue weighted by molar-refractivity contribution is 7.39. The quantitative estimate of drug-likeness (QED) is 0.328. The third kappa shape index (κ3) is 9.67. The van der Waals surface area contributed by atoms with E-state index in [4.69, 9.17) is 9.26 Å². The van der Waals surface area contributed by atoms with E-state index in [1.807, 2.05) is 13.8 Å². The molecule has 0 saturated carbocycles. The van der Waals surface area contributed by atoms with Crippen molar-refractivity contribution < 1.29 is 18.6 Å². The first kappa shape index (κ1) is 17.7. The monoisotopic (exact) mass is 278 g/mol. The highest BCUT2D eigenvalue weighted by Gasteiger charge is 2.12. The van der Waals surface area contributed by atoms with E-state index in [2.05, 4.69) is 6.92 Å². The molecule has 0 heterocycles. The molecule has 2 atom stereocenters. The van der Waals surface area contributed by atoms with Crippen molar-refractivity contribution in [3.63, 3.8) is 0 Å². The summed E-state index contributed by atoms with van der Waals surface area (Å²) >= 11 is 0. The molecule has 0 aliphatic carbocycles. The van der Waals surface area contributed by atoms with Crippen LogP contribution in [0.1, 0.15) is 59.3 Å². The van der Waals surface area contributed by atoms with Gasteiger partial charge in [0.25, 0.3) is 0 Å². The van der Waals surface area contributed by atoms with Gasteiger partial charge in [0.15, 0.2) is 8.03 Å². The van der Waals surface area contributed by atoms with Crippen molar-refractivity contribution in [2.75, 3.05) is 12.8 Å². The molecular weight excluding hydrogens is 251 g/mol. The van der Waals surface area contributed by atoms with E-state index in [1.54, 1.807) is 0 Å². The Hall–Kier alpha value is -0.340. The van der Waals surface area contributed by atoms with E-state index in [1.165, 1.54) is 0 Å². The fourth-order valence-electron chi connectivity index (χ4n) is 1.52. The Morgan fingerprint density at radius 2 is 1.94 bits per heavy atom. The minimum absolute atomic E-state index is 0.0671. The second-order valence-corrected chi connectivity index (χ2v) is 5.86. The fourth-order valence-corrected chi connectivity index (χ4v) is 2.70. The van der Waals surface area contributed by atoms with Gasteiger partial charge in [-0.25, -0.2) is 0 Å². The normalized spacial score (nSPS) is 14.2. The second kappa shape index (κ2) is 11.7. The summed E-state index contributed by atoms with van der Waals surface area (Å²) in [5.41, 5.74) is 0. The molecule has 0 radical (unpaired) electrons. The topological polar surface area (TPSA) is 52.6 Å². The number of hydrogen-bond donors (Lipinski definition) is 0. The fraction of sp³-hybridized carbons (Fsp3) is 0.923. The van der Waals surface area contributed by atoms with Crippen molar-refractivity contribution in [3.8, 4) is 0 Å². The summed E-state index contributed by atoms with van der Waals surface area (Å²) in [7, 11) is -2.10. The predicted octanol–water partition coefficient (Wildman–Crippen LogP) is 3.79. The molecule has 0 N–H and O–H groups in total. The van der Waals surface area contributed by atoms with Crippen LogP contribution in [-0.4, -0.2) is 24.8 Å². The molecule has 0 aliphatic rings. The molecule has 18 heavy (non-hydrogen) atoms. The molecule has 0 aromatic heterocycles. The molecular formula is C13H27O4P. The summed E-state index contributed by atoms with van der Waals surface area (Å²) in [4.78, 5) is 11.3. The van der Waals surface area contributed by atoms with Gasteiger partial charge in [0.2, 0.25) is 0 Å². The van der Waals surface area contributed by atoms with Crippen LogP contribution in [0, 0.1) is 0 Å². The first-order valence-electron chi connectivity index (χ1n) is 6.99.